The summed E-state index contributed by atoms with van der Waals surface area (Å²) >= 11 is 7.92. The first-order valence-corrected chi connectivity index (χ1v) is 7.73. The molecule has 1 aromatic carbocycles. The molecule has 0 saturated heterocycles. The van der Waals surface area contributed by atoms with Crippen LogP contribution < -0.4 is 5.73 Å². The molecule has 3 aromatic rings. The summed E-state index contributed by atoms with van der Waals surface area (Å²) in [4.78, 5) is 1.04. The van der Waals surface area contributed by atoms with Gasteiger partial charge in [-0.15, -0.1) is 11.3 Å². The average molecular weight is 306 g/mol. The van der Waals surface area contributed by atoms with Gasteiger partial charge >= 0.3 is 0 Å². The fraction of sp³-hybridized carbons (Fsp3) is 0.267. The van der Waals surface area contributed by atoms with Crippen LogP contribution in [0.2, 0.25) is 5.02 Å². The van der Waals surface area contributed by atoms with Crippen LogP contribution in [0.25, 0.3) is 10.9 Å². The van der Waals surface area contributed by atoms with Gasteiger partial charge in [0.2, 0.25) is 0 Å². The smallest absolute Gasteiger partial charge is 0.0722 e. The van der Waals surface area contributed by atoms with Crippen molar-refractivity contribution in [2.75, 3.05) is 0 Å². The molecule has 20 heavy (non-hydrogen) atoms. The molecule has 1 atom stereocenters. The molecule has 0 saturated carbocycles. The Morgan fingerprint density at radius 3 is 2.85 bits per heavy atom. The lowest BCUT2D eigenvalue weighted by Gasteiger charge is -2.09. The van der Waals surface area contributed by atoms with E-state index in [1.807, 2.05) is 36.2 Å². The number of para-hydroxylation sites is 1. The Labute approximate surface area is 127 Å². The van der Waals surface area contributed by atoms with Crippen molar-refractivity contribution in [3.05, 3.63) is 50.8 Å². The van der Waals surface area contributed by atoms with E-state index in [1.54, 1.807) is 11.3 Å². The van der Waals surface area contributed by atoms with Gasteiger partial charge in [0.25, 0.3) is 0 Å². The fourth-order valence-corrected chi connectivity index (χ4v) is 3.78. The number of benzene rings is 1. The first-order chi connectivity index (χ1) is 9.58. The van der Waals surface area contributed by atoms with Crippen LogP contribution in [0.4, 0.5) is 0 Å². The predicted molar refractivity (Wildman–Crippen MR) is 85.4 cm³/mol. The molecular formula is C15H16ClN3S. The highest BCUT2D eigenvalue weighted by Gasteiger charge is 2.18. The molecule has 2 aromatic heterocycles. The largest absolute Gasteiger partial charge is 0.323 e. The fourth-order valence-electron chi connectivity index (χ4n) is 2.44. The molecule has 5 heteroatoms. The summed E-state index contributed by atoms with van der Waals surface area (Å²) in [5.41, 5.74) is 9.56. The SMILES string of the molecule is Cc1csc(C(N)Cc2nn(C)c3ccccc23)c1Cl. The number of fused-ring (bicyclic) bond motifs is 1. The van der Waals surface area contributed by atoms with Crippen molar-refractivity contribution in [3.63, 3.8) is 0 Å². The maximum absolute atomic E-state index is 6.32. The van der Waals surface area contributed by atoms with E-state index in [4.69, 9.17) is 17.3 Å². The van der Waals surface area contributed by atoms with Crippen molar-refractivity contribution in [3.8, 4) is 0 Å². The van der Waals surface area contributed by atoms with Gasteiger partial charge in [-0.1, -0.05) is 29.8 Å². The van der Waals surface area contributed by atoms with Crippen LogP contribution in [0.3, 0.4) is 0 Å². The minimum absolute atomic E-state index is 0.112. The molecule has 0 aliphatic rings. The Kier molecular flexibility index (Phi) is 3.54. The maximum Gasteiger partial charge on any atom is 0.0722 e. The van der Waals surface area contributed by atoms with Gasteiger partial charge < -0.3 is 5.73 Å². The zero-order valence-electron chi connectivity index (χ0n) is 11.4. The van der Waals surface area contributed by atoms with E-state index >= 15 is 0 Å². The number of hydrogen-bond acceptors (Lipinski definition) is 3. The third-order valence-corrected chi connectivity index (χ3v) is 5.36. The number of aromatic nitrogens is 2. The Morgan fingerprint density at radius 1 is 1.40 bits per heavy atom. The zero-order chi connectivity index (χ0) is 14.3. The first-order valence-electron chi connectivity index (χ1n) is 6.47. The van der Waals surface area contributed by atoms with Gasteiger partial charge in [-0.05, 0) is 23.9 Å². The van der Waals surface area contributed by atoms with Gasteiger partial charge in [-0.25, -0.2) is 0 Å². The Bertz CT molecular complexity index is 760. The molecule has 3 nitrogen and oxygen atoms in total. The van der Waals surface area contributed by atoms with Crippen molar-refractivity contribution in [1.82, 2.24) is 9.78 Å². The summed E-state index contributed by atoms with van der Waals surface area (Å²) in [5.74, 6) is 0. The van der Waals surface area contributed by atoms with Gasteiger partial charge in [0.15, 0.2) is 0 Å². The summed E-state index contributed by atoms with van der Waals surface area (Å²) in [6.45, 7) is 2.01. The van der Waals surface area contributed by atoms with Crippen LogP contribution in [0.1, 0.15) is 22.2 Å². The number of halogens is 1. The molecule has 0 fully saturated rings. The Hall–Kier alpha value is -1.36. The lowest BCUT2D eigenvalue weighted by atomic mass is 10.1. The van der Waals surface area contributed by atoms with Crippen LogP contribution >= 0.6 is 22.9 Å². The second-order valence-electron chi connectivity index (χ2n) is 5.00. The summed E-state index contributed by atoms with van der Waals surface area (Å²) in [5, 5.41) is 8.60. The van der Waals surface area contributed by atoms with E-state index in [0.29, 0.717) is 6.42 Å². The van der Waals surface area contributed by atoms with Crippen LogP contribution in [-0.4, -0.2) is 9.78 Å². The minimum Gasteiger partial charge on any atom is -0.323 e. The van der Waals surface area contributed by atoms with E-state index in [-0.39, 0.29) is 6.04 Å². The molecule has 2 N–H and O–H groups in total. The van der Waals surface area contributed by atoms with Gasteiger partial charge in [0, 0.05) is 29.8 Å². The lowest BCUT2D eigenvalue weighted by Crippen LogP contribution is -2.13. The van der Waals surface area contributed by atoms with Gasteiger partial charge in [-0.3, -0.25) is 4.68 Å². The zero-order valence-corrected chi connectivity index (χ0v) is 13.0. The molecule has 0 amide bonds. The Balaban J connectivity index is 1.95. The van der Waals surface area contributed by atoms with Crippen LogP contribution in [0.15, 0.2) is 29.6 Å². The molecule has 0 radical (unpaired) electrons. The van der Waals surface area contributed by atoms with E-state index in [9.17, 15) is 0 Å². The molecule has 2 heterocycles. The predicted octanol–water partition coefficient (Wildman–Crippen LogP) is 3.84. The van der Waals surface area contributed by atoms with Crippen LogP contribution in [0, 0.1) is 6.92 Å². The first kappa shape index (κ1) is 13.6. The van der Waals surface area contributed by atoms with Crippen molar-refractivity contribution < 1.29 is 0 Å². The number of hydrogen-bond donors (Lipinski definition) is 1. The summed E-state index contributed by atoms with van der Waals surface area (Å²) in [6, 6.07) is 8.10. The minimum atomic E-state index is -0.112. The van der Waals surface area contributed by atoms with E-state index < -0.39 is 0 Å². The Morgan fingerprint density at radius 2 is 2.15 bits per heavy atom. The summed E-state index contributed by atoms with van der Waals surface area (Å²) in [7, 11) is 1.96. The number of aryl methyl sites for hydroxylation is 2. The van der Waals surface area contributed by atoms with Gasteiger partial charge in [0.05, 0.1) is 16.2 Å². The molecule has 0 spiro atoms. The summed E-state index contributed by atoms with van der Waals surface area (Å²) in [6.07, 6.45) is 0.695. The highest BCUT2D eigenvalue weighted by Crippen LogP contribution is 2.33. The normalized spacial score (nSPS) is 13.0. The molecule has 104 valence electrons. The van der Waals surface area contributed by atoms with Gasteiger partial charge in [-0.2, -0.15) is 5.10 Å². The molecular weight excluding hydrogens is 290 g/mol. The van der Waals surface area contributed by atoms with Gasteiger partial charge in [0.1, 0.15) is 0 Å². The standard InChI is InChI=1S/C15H16ClN3S/c1-9-8-20-15(14(9)16)11(17)7-12-10-5-3-4-6-13(10)19(2)18-12/h3-6,8,11H,7,17H2,1-2H3. The number of nitrogens with two attached hydrogens (primary N) is 1. The molecule has 3 rings (SSSR count). The van der Waals surface area contributed by atoms with Crippen molar-refractivity contribution in [2.24, 2.45) is 12.8 Å². The third-order valence-electron chi connectivity index (χ3n) is 3.51. The molecule has 1 unspecified atom stereocenters. The molecule has 0 bridgehead atoms. The average Bonchev–Trinajstić information content (AvgIpc) is 2.93. The highest BCUT2D eigenvalue weighted by atomic mass is 35.5. The van der Waals surface area contributed by atoms with Crippen molar-refractivity contribution in [2.45, 2.75) is 19.4 Å². The third kappa shape index (κ3) is 2.24. The highest BCUT2D eigenvalue weighted by molar-refractivity contribution is 7.10. The maximum atomic E-state index is 6.32. The molecule has 0 aliphatic carbocycles. The second kappa shape index (κ2) is 5.20. The molecule has 0 aliphatic heterocycles. The van der Waals surface area contributed by atoms with E-state index in [1.165, 1.54) is 0 Å². The summed E-state index contributed by atoms with van der Waals surface area (Å²) < 4.78 is 1.90. The number of thiophene rings is 1. The second-order valence-corrected chi connectivity index (χ2v) is 6.28. The van der Waals surface area contributed by atoms with Crippen LogP contribution in [0.5, 0.6) is 0 Å². The van der Waals surface area contributed by atoms with Crippen molar-refractivity contribution in [1.29, 1.82) is 0 Å². The number of rotatable bonds is 3. The van der Waals surface area contributed by atoms with Crippen molar-refractivity contribution >= 4 is 33.8 Å². The monoisotopic (exact) mass is 305 g/mol. The van der Waals surface area contributed by atoms with E-state index in [0.717, 1.165) is 32.1 Å². The van der Waals surface area contributed by atoms with E-state index in [2.05, 4.69) is 17.2 Å². The van der Waals surface area contributed by atoms with Crippen LogP contribution in [-0.2, 0) is 13.5 Å². The topological polar surface area (TPSA) is 43.8 Å². The number of nitrogens with zero attached hydrogens (tertiary/aromatic N) is 2. The quantitative estimate of drug-likeness (QED) is 0.799. The lowest BCUT2D eigenvalue weighted by molar-refractivity contribution is 0.691.